The summed E-state index contributed by atoms with van der Waals surface area (Å²) in [6, 6.07) is 13.8. The van der Waals surface area contributed by atoms with Gasteiger partial charge in [-0.3, -0.25) is 14.5 Å². The largest absolute Gasteiger partial charge is 0.502 e. The molecule has 0 saturated heterocycles. The van der Waals surface area contributed by atoms with Crippen molar-refractivity contribution >= 4 is 17.4 Å². The monoisotopic (exact) mass is 367 g/mol. The number of aliphatic hydroxyl groups is 1. The summed E-state index contributed by atoms with van der Waals surface area (Å²) in [5, 5.41) is 10.2. The van der Waals surface area contributed by atoms with Crippen LogP contribution >= 0.6 is 0 Å². The molecule has 0 radical (unpaired) electrons. The predicted molar refractivity (Wildman–Crippen MR) is 100 cm³/mol. The number of hydrogen-bond acceptors (Lipinski definition) is 5. The Hall–Kier alpha value is -3.28. The van der Waals surface area contributed by atoms with Gasteiger partial charge in [-0.1, -0.05) is 31.2 Å². The van der Waals surface area contributed by atoms with E-state index in [0.717, 1.165) is 16.9 Å². The summed E-state index contributed by atoms with van der Waals surface area (Å²) in [6.07, 6.45) is 0.890. The Balaban J connectivity index is 1.78. The third-order valence-corrected chi connectivity index (χ3v) is 4.26. The minimum atomic E-state index is -0.697. The van der Waals surface area contributed by atoms with Crippen LogP contribution in [-0.2, 0) is 16.1 Å². The SMILES string of the molecule is CCCOc1ccc(C2=C(O)C(=O)N(Cc3ccc(OC)cc3)C2=O)cc1. The molecule has 2 aromatic rings. The summed E-state index contributed by atoms with van der Waals surface area (Å²) in [6.45, 7) is 2.69. The molecule has 0 atom stereocenters. The molecule has 1 aliphatic heterocycles. The predicted octanol–water partition coefficient (Wildman–Crippen LogP) is 3.32. The van der Waals surface area contributed by atoms with Gasteiger partial charge in [0, 0.05) is 0 Å². The van der Waals surface area contributed by atoms with E-state index in [-0.39, 0.29) is 12.1 Å². The van der Waals surface area contributed by atoms with Crippen molar-refractivity contribution in [3.05, 3.63) is 65.4 Å². The van der Waals surface area contributed by atoms with Crippen LogP contribution in [0.3, 0.4) is 0 Å². The third-order valence-electron chi connectivity index (χ3n) is 4.26. The van der Waals surface area contributed by atoms with Gasteiger partial charge in [0.25, 0.3) is 11.8 Å². The lowest BCUT2D eigenvalue weighted by molar-refractivity contribution is -0.138. The molecule has 0 aromatic heterocycles. The first-order chi connectivity index (χ1) is 13.0. The number of hydrogen-bond donors (Lipinski definition) is 1. The molecule has 1 heterocycles. The number of aliphatic hydroxyl groups excluding tert-OH is 1. The van der Waals surface area contributed by atoms with Crippen molar-refractivity contribution in [2.24, 2.45) is 0 Å². The van der Waals surface area contributed by atoms with E-state index < -0.39 is 17.6 Å². The molecule has 3 rings (SSSR count). The molecule has 0 fully saturated rings. The zero-order chi connectivity index (χ0) is 19.4. The Kier molecular flexibility index (Phi) is 5.45. The Morgan fingerprint density at radius 3 is 2.15 bits per heavy atom. The van der Waals surface area contributed by atoms with Crippen molar-refractivity contribution in [3.63, 3.8) is 0 Å². The van der Waals surface area contributed by atoms with Gasteiger partial charge in [-0.25, -0.2) is 0 Å². The molecule has 2 amide bonds. The molecule has 140 valence electrons. The van der Waals surface area contributed by atoms with Crippen LogP contribution in [0.5, 0.6) is 11.5 Å². The van der Waals surface area contributed by atoms with Gasteiger partial charge in [0.2, 0.25) is 0 Å². The van der Waals surface area contributed by atoms with Crippen molar-refractivity contribution in [3.8, 4) is 11.5 Å². The maximum absolute atomic E-state index is 12.7. The molecule has 0 aliphatic carbocycles. The average molecular weight is 367 g/mol. The van der Waals surface area contributed by atoms with Gasteiger partial charge in [-0.05, 0) is 41.8 Å². The highest BCUT2D eigenvalue weighted by Crippen LogP contribution is 2.30. The summed E-state index contributed by atoms with van der Waals surface area (Å²) in [5.74, 6) is -0.388. The summed E-state index contributed by atoms with van der Waals surface area (Å²) in [7, 11) is 1.56. The topological polar surface area (TPSA) is 76.1 Å². The Bertz CT molecular complexity index is 868. The van der Waals surface area contributed by atoms with E-state index in [1.54, 1.807) is 55.6 Å². The first-order valence-electron chi connectivity index (χ1n) is 8.70. The van der Waals surface area contributed by atoms with Crippen LogP contribution in [0.1, 0.15) is 24.5 Å². The zero-order valence-electron chi connectivity index (χ0n) is 15.3. The number of methoxy groups -OCH3 is 1. The van der Waals surface area contributed by atoms with Crippen molar-refractivity contribution in [2.45, 2.75) is 19.9 Å². The van der Waals surface area contributed by atoms with Crippen molar-refractivity contribution < 1.29 is 24.2 Å². The first kappa shape index (κ1) is 18.5. The highest BCUT2D eigenvalue weighted by atomic mass is 16.5. The van der Waals surface area contributed by atoms with Crippen LogP contribution in [0, 0.1) is 0 Å². The van der Waals surface area contributed by atoms with Gasteiger partial charge in [-0.15, -0.1) is 0 Å². The van der Waals surface area contributed by atoms with Crippen molar-refractivity contribution in [1.29, 1.82) is 0 Å². The molecular weight excluding hydrogens is 346 g/mol. The van der Waals surface area contributed by atoms with E-state index in [1.807, 2.05) is 6.92 Å². The normalized spacial score (nSPS) is 14.1. The van der Waals surface area contributed by atoms with E-state index >= 15 is 0 Å². The van der Waals surface area contributed by atoms with Crippen molar-refractivity contribution in [2.75, 3.05) is 13.7 Å². The summed E-state index contributed by atoms with van der Waals surface area (Å²) in [4.78, 5) is 26.2. The van der Waals surface area contributed by atoms with Crippen molar-refractivity contribution in [1.82, 2.24) is 4.90 Å². The minimum absolute atomic E-state index is 0.00977. The quantitative estimate of drug-likeness (QED) is 0.760. The third kappa shape index (κ3) is 3.79. The standard InChI is InChI=1S/C21H21NO5/c1-3-12-27-17-10-6-15(7-11-17)18-19(23)21(25)22(20(18)24)13-14-4-8-16(26-2)9-5-14/h4-11,23H,3,12-13H2,1-2H3. The van der Waals surface area contributed by atoms with E-state index in [0.29, 0.717) is 23.7 Å². The number of carbonyl (C=O) groups excluding carboxylic acids is 2. The smallest absolute Gasteiger partial charge is 0.296 e. The molecule has 2 aromatic carbocycles. The van der Waals surface area contributed by atoms with E-state index in [2.05, 4.69) is 0 Å². The number of nitrogens with zero attached hydrogens (tertiary/aromatic N) is 1. The molecule has 0 bridgehead atoms. The fraction of sp³-hybridized carbons (Fsp3) is 0.238. The minimum Gasteiger partial charge on any atom is -0.502 e. The highest BCUT2D eigenvalue weighted by Gasteiger charge is 2.39. The highest BCUT2D eigenvalue weighted by molar-refractivity contribution is 6.34. The maximum atomic E-state index is 12.7. The molecule has 0 unspecified atom stereocenters. The number of rotatable bonds is 7. The second-order valence-corrected chi connectivity index (χ2v) is 6.14. The summed E-state index contributed by atoms with van der Waals surface area (Å²) < 4.78 is 10.6. The van der Waals surface area contributed by atoms with Crippen LogP contribution in [0.25, 0.3) is 5.57 Å². The molecule has 0 spiro atoms. The lowest BCUT2D eigenvalue weighted by atomic mass is 10.1. The second-order valence-electron chi connectivity index (χ2n) is 6.14. The lowest BCUT2D eigenvalue weighted by Gasteiger charge is -2.15. The molecule has 0 saturated carbocycles. The van der Waals surface area contributed by atoms with E-state index in [1.165, 1.54) is 0 Å². The van der Waals surface area contributed by atoms with E-state index in [9.17, 15) is 14.7 Å². The number of carbonyl (C=O) groups is 2. The van der Waals surface area contributed by atoms with Crippen LogP contribution in [0.15, 0.2) is 54.3 Å². The number of imide groups is 1. The van der Waals surface area contributed by atoms with Gasteiger partial charge in [0.1, 0.15) is 11.5 Å². The fourth-order valence-electron chi connectivity index (χ4n) is 2.82. The van der Waals surface area contributed by atoms with Crippen LogP contribution < -0.4 is 9.47 Å². The van der Waals surface area contributed by atoms with Gasteiger partial charge in [-0.2, -0.15) is 0 Å². The van der Waals surface area contributed by atoms with E-state index in [4.69, 9.17) is 9.47 Å². The fourth-order valence-corrected chi connectivity index (χ4v) is 2.82. The average Bonchev–Trinajstić information content (AvgIpc) is 2.91. The Labute approximate surface area is 157 Å². The van der Waals surface area contributed by atoms with Gasteiger partial charge in [0.05, 0.1) is 25.8 Å². The molecule has 1 aliphatic rings. The second kappa shape index (κ2) is 7.95. The number of amides is 2. The van der Waals surface area contributed by atoms with Crippen LogP contribution in [0.2, 0.25) is 0 Å². The first-order valence-corrected chi connectivity index (χ1v) is 8.70. The molecule has 1 N–H and O–H groups in total. The lowest BCUT2D eigenvalue weighted by Crippen LogP contribution is -2.31. The zero-order valence-corrected chi connectivity index (χ0v) is 15.3. The summed E-state index contributed by atoms with van der Waals surface area (Å²) >= 11 is 0. The maximum Gasteiger partial charge on any atom is 0.296 e. The molecule has 6 nitrogen and oxygen atoms in total. The van der Waals surface area contributed by atoms with Crippen LogP contribution in [0.4, 0.5) is 0 Å². The molecular formula is C21H21NO5. The van der Waals surface area contributed by atoms with Gasteiger partial charge in [0.15, 0.2) is 5.76 Å². The van der Waals surface area contributed by atoms with Crippen LogP contribution in [-0.4, -0.2) is 35.5 Å². The van der Waals surface area contributed by atoms with Gasteiger partial charge < -0.3 is 14.6 Å². The molecule has 6 heteroatoms. The number of ether oxygens (including phenoxy) is 2. The number of benzene rings is 2. The molecule has 27 heavy (non-hydrogen) atoms. The Morgan fingerprint density at radius 1 is 0.926 bits per heavy atom. The summed E-state index contributed by atoms with van der Waals surface area (Å²) in [5.41, 5.74) is 1.25. The Morgan fingerprint density at radius 2 is 1.56 bits per heavy atom. The van der Waals surface area contributed by atoms with Gasteiger partial charge >= 0.3 is 0 Å².